The first-order chi connectivity index (χ1) is 15.3. The summed E-state index contributed by atoms with van der Waals surface area (Å²) in [5.41, 5.74) is 1.42. The summed E-state index contributed by atoms with van der Waals surface area (Å²) in [5.74, 6) is 0.739. The van der Waals surface area contributed by atoms with E-state index in [2.05, 4.69) is 14.9 Å². The second-order valence-electron chi connectivity index (χ2n) is 7.82. The predicted molar refractivity (Wildman–Crippen MR) is 125 cm³/mol. The fraction of sp³-hybridized carbons (Fsp3) is 0.385. The predicted octanol–water partition coefficient (Wildman–Crippen LogP) is 6.34. The molecule has 0 radical (unpaired) electrons. The first kappa shape index (κ1) is 22.6. The van der Waals surface area contributed by atoms with Crippen molar-refractivity contribution in [3.8, 4) is 5.75 Å². The number of ether oxygens (including phenoxy) is 1. The van der Waals surface area contributed by atoms with E-state index in [-0.39, 0.29) is 5.91 Å². The molecule has 31 heavy (non-hydrogen) atoms. The maximum atomic E-state index is 12.2. The van der Waals surface area contributed by atoms with E-state index in [0.29, 0.717) is 5.56 Å². The third-order valence-corrected chi connectivity index (χ3v) is 5.29. The molecule has 0 spiro atoms. The van der Waals surface area contributed by atoms with Gasteiger partial charge in [0, 0.05) is 30.2 Å². The lowest BCUT2D eigenvalue weighted by atomic mass is 10.1. The Morgan fingerprint density at radius 1 is 0.839 bits per heavy atom. The molecule has 1 heterocycles. The maximum absolute atomic E-state index is 12.2. The molecule has 0 bridgehead atoms. The number of aromatic nitrogens is 2. The van der Waals surface area contributed by atoms with Gasteiger partial charge in [0.15, 0.2) is 0 Å². The van der Waals surface area contributed by atoms with Crippen LogP contribution in [-0.2, 0) is 6.54 Å². The molecule has 1 aromatic heterocycles. The Bertz CT molecular complexity index is 861. The molecule has 3 rings (SSSR count). The summed E-state index contributed by atoms with van der Waals surface area (Å²) in [6.45, 7) is 1.82. The number of carbonyl (C=O) groups is 1. The maximum Gasteiger partial charge on any atom is 0.255 e. The van der Waals surface area contributed by atoms with E-state index < -0.39 is 0 Å². The van der Waals surface area contributed by atoms with Gasteiger partial charge in [0.2, 0.25) is 0 Å². The van der Waals surface area contributed by atoms with Crippen LogP contribution in [-0.4, -0.2) is 22.1 Å². The number of amides is 1. The molecule has 3 aromatic rings. The van der Waals surface area contributed by atoms with Crippen molar-refractivity contribution in [2.45, 2.75) is 57.9 Å². The highest BCUT2D eigenvalue weighted by Crippen LogP contribution is 2.17. The fourth-order valence-corrected chi connectivity index (χ4v) is 3.49. The van der Waals surface area contributed by atoms with Gasteiger partial charge < -0.3 is 14.6 Å². The second kappa shape index (κ2) is 13.3. The van der Waals surface area contributed by atoms with Crippen molar-refractivity contribution in [3.63, 3.8) is 0 Å². The number of imidazole rings is 1. The molecule has 0 atom stereocenters. The zero-order valence-electron chi connectivity index (χ0n) is 18.2. The van der Waals surface area contributed by atoms with E-state index in [0.717, 1.165) is 31.0 Å². The molecule has 5 nitrogen and oxygen atoms in total. The van der Waals surface area contributed by atoms with E-state index in [1.54, 1.807) is 12.1 Å². The van der Waals surface area contributed by atoms with Crippen LogP contribution in [0.15, 0.2) is 73.3 Å². The number of aryl methyl sites for hydroxylation is 1. The number of anilines is 1. The average Bonchev–Trinajstić information content (AvgIpc) is 3.33. The van der Waals surface area contributed by atoms with E-state index in [1.165, 1.54) is 44.9 Å². The summed E-state index contributed by atoms with van der Waals surface area (Å²) in [7, 11) is 0. The van der Waals surface area contributed by atoms with Crippen LogP contribution < -0.4 is 10.1 Å². The number of nitrogens with one attached hydrogen (secondary N) is 1. The highest BCUT2D eigenvalue weighted by Gasteiger charge is 2.05. The van der Waals surface area contributed by atoms with Gasteiger partial charge in [-0.25, -0.2) is 4.98 Å². The van der Waals surface area contributed by atoms with Crippen molar-refractivity contribution in [1.82, 2.24) is 9.55 Å². The number of nitrogens with zero attached hydrogens (tertiary/aromatic N) is 2. The molecule has 0 saturated carbocycles. The monoisotopic (exact) mass is 419 g/mol. The van der Waals surface area contributed by atoms with Gasteiger partial charge in [-0.05, 0) is 49.2 Å². The van der Waals surface area contributed by atoms with Crippen LogP contribution in [0.4, 0.5) is 5.69 Å². The molecule has 2 aromatic carbocycles. The summed E-state index contributed by atoms with van der Waals surface area (Å²) in [5, 5.41) is 2.90. The molecule has 0 aliphatic heterocycles. The van der Waals surface area contributed by atoms with Gasteiger partial charge in [0.1, 0.15) is 5.75 Å². The van der Waals surface area contributed by atoms with Gasteiger partial charge in [-0.1, -0.05) is 56.7 Å². The van der Waals surface area contributed by atoms with Gasteiger partial charge in [-0.15, -0.1) is 0 Å². The molecule has 1 N–H and O–H groups in total. The third-order valence-electron chi connectivity index (χ3n) is 5.29. The van der Waals surface area contributed by atoms with Crippen LogP contribution >= 0.6 is 0 Å². The molecule has 164 valence electrons. The zero-order chi connectivity index (χ0) is 21.6. The highest BCUT2D eigenvalue weighted by atomic mass is 16.5. The minimum Gasteiger partial charge on any atom is -0.494 e. The molecule has 5 heteroatoms. The Morgan fingerprint density at radius 2 is 1.52 bits per heavy atom. The van der Waals surface area contributed by atoms with Gasteiger partial charge in [0.25, 0.3) is 5.91 Å². The minimum atomic E-state index is -0.104. The summed E-state index contributed by atoms with van der Waals surface area (Å²) >= 11 is 0. The summed E-state index contributed by atoms with van der Waals surface area (Å²) in [6, 6.07) is 16.8. The van der Waals surface area contributed by atoms with Gasteiger partial charge in [-0.3, -0.25) is 4.79 Å². The first-order valence-electron chi connectivity index (χ1n) is 11.4. The molecule has 0 aliphatic rings. The van der Waals surface area contributed by atoms with Gasteiger partial charge in [-0.2, -0.15) is 0 Å². The van der Waals surface area contributed by atoms with Crippen molar-refractivity contribution in [3.05, 3.63) is 78.9 Å². The number of rotatable bonds is 14. The van der Waals surface area contributed by atoms with Crippen molar-refractivity contribution >= 4 is 11.6 Å². The standard InChI is InChI=1S/C26H33N3O2/c30-26(23-12-8-7-9-13-23)28-24-14-16-25(17-15-24)31-21-11-6-4-2-1-3-5-10-19-29-20-18-27-22-29/h7-9,12-18,20,22H,1-6,10-11,19,21H2,(H,28,30). The molecular weight excluding hydrogens is 386 g/mol. The van der Waals surface area contributed by atoms with E-state index in [4.69, 9.17) is 4.74 Å². The lowest BCUT2D eigenvalue weighted by Gasteiger charge is -2.08. The van der Waals surface area contributed by atoms with Crippen molar-refractivity contribution in [2.75, 3.05) is 11.9 Å². The lowest BCUT2D eigenvalue weighted by Crippen LogP contribution is -2.11. The Morgan fingerprint density at radius 3 is 2.19 bits per heavy atom. The fourth-order valence-electron chi connectivity index (χ4n) is 3.49. The Hall–Kier alpha value is -3.08. The van der Waals surface area contributed by atoms with E-state index in [1.807, 2.05) is 61.2 Å². The molecule has 0 unspecified atom stereocenters. The highest BCUT2D eigenvalue weighted by molar-refractivity contribution is 6.04. The third kappa shape index (κ3) is 8.67. The molecule has 0 fully saturated rings. The number of carbonyl (C=O) groups excluding carboxylic acids is 1. The number of benzene rings is 2. The zero-order valence-corrected chi connectivity index (χ0v) is 18.2. The smallest absolute Gasteiger partial charge is 0.255 e. The molecular formula is C26H33N3O2. The van der Waals surface area contributed by atoms with Crippen LogP contribution in [0.1, 0.15) is 61.7 Å². The topological polar surface area (TPSA) is 56.1 Å². The Labute approximate surface area is 185 Å². The minimum absolute atomic E-state index is 0.104. The SMILES string of the molecule is O=C(Nc1ccc(OCCCCCCCCCCn2ccnc2)cc1)c1ccccc1. The molecule has 0 saturated heterocycles. The second-order valence-corrected chi connectivity index (χ2v) is 7.82. The van der Waals surface area contributed by atoms with Gasteiger partial charge in [0.05, 0.1) is 12.9 Å². The van der Waals surface area contributed by atoms with Crippen molar-refractivity contribution in [1.29, 1.82) is 0 Å². The Balaban J connectivity index is 1.18. The summed E-state index contributed by atoms with van der Waals surface area (Å²) < 4.78 is 7.97. The molecule has 0 aliphatic carbocycles. The molecule has 1 amide bonds. The quantitative estimate of drug-likeness (QED) is 0.310. The van der Waals surface area contributed by atoms with Crippen LogP contribution in [0.25, 0.3) is 0 Å². The summed E-state index contributed by atoms with van der Waals surface area (Å²) in [4.78, 5) is 16.2. The number of hydrogen-bond donors (Lipinski definition) is 1. The van der Waals surface area contributed by atoms with E-state index in [9.17, 15) is 4.79 Å². The Kier molecular flexibility index (Phi) is 9.67. The average molecular weight is 420 g/mol. The summed E-state index contributed by atoms with van der Waals surface area (Å²) in [6.07, 6.45) is 15.8. The van der Waals surface area contributed by atoms with Crippen molar-refractivity contribution in [2.24, 2.45) is 0 Å². The van der Waals surface area contributed by atoms with Crippen LogP contribution in [0.5, 0.6) is 5.75 Å². The van der Waals surface area contributed by atoms with Crippen LogP contribution in [0.2, 0.25) is 0 Å². The van der Waals surface area contributed by atoms with Gasteiger partial charge >= 0.3 is 0 Å². The largest absolute Gasteiger partial charge is 0.494 e. The lowest BCUT2D eigenvalue weighted by molar-refractivity contribution is 0.102. The van der Waals surface area contributed by atoms with E-state index >= 15 is 0 Å². The van der Waals surface area contributed by atoms with Crippen LogP contribution in [0.3, 0.4) is 0 Å². The van der Waals surface area contributed by atoms with Crippen LogP contribution in [0, 0.1) is 0 Å². The normalized spacial score (nSPS) is 10.7. The number of hydrogen-bond acceptors (Lipinski definition) is 3. The van der Waals surface area contributed by atoms with Crippen molar-refractivity contribution < 1.29 is 9.53 Å². The number of unbranched alkanes of at least 4 members (excludes halogenated alkanes) is 7. The first-order valence-corrected chi connectivity index (χ1v) is 11.4.